The largest absolute Gasteiger partial charge is 0.373 e. The standard InChI is InChI=1S/C17H24N2O2/c18-12-14-6-3-4-9-19(14)17(20)11-16-15-7-2-1-5-13(15)8-10-21-16/h1-2,5,7,14,16H,3-4,6,8-12,18H2/t14-,16-/m0/s1. The SMILES string of the molecule is NC[C@@H]1CCCCN1C(=O)C[C@@H]1OCCc2ccccc21. The van der Waals surface area contributed by atoms with Gasteiger partial charge in [0.1, 0.15) is 0 Å². The van der Waals surface area contributed by atoms with Gasteiger partial charge in [-0.2, -0.15) is 0 Å². The monoisotopic (exact) mass is 288 g/mol. The van der Waals surface area contributed by atoms with Crippen molar-refractivity contribution in [3.05, 3.63) is 35.4 Å². The van der Waals surface area contributed by atoms with Crippen LogP contribution in [0.1, 0.15) is 42.9 Å². The van der Waals surface area contributed by atoms with Gasteiger partial charge in [0.25, 0.3) is 0 Å². The van der Waals surface area contributed by atoms with Crippen molar-refractivity contribution in [1.29, 1.82) is 0 Å². The fourth-order valence-corrected chi connectivity index (χ4v) is 3.50. The summed E-state index contributed by atoms with van der Waals surface area (Å²) >= 11 is 0. The van der Waals surface area contributed by atoms with Crippen molar-refractivity contribution in [2.24, 2.45) is 5.73 Å². The number of nitrogens with zero attached hydrogens (tertiary/aromatic N) is 1. The Morgan fingerprint density at radius 1 is 1.33 bits per heavy atom. The van der Waals surface area contributed by atoms with Crippen molar-refractivity contribution in [3.63, 3.8) is 0 Å². The Labute approximate surface area is 126 Å². The summed E-state index contributed by atoms with van der Waals surface area (Å²) in [5, 5.41) is 0. The van der Waals surface area contributed by atoms with Crippen molar-refractivity contribution in [2.45, 2.75) is 44.2 Å². The molecule has 1 aromatic carbocycles. The molecule has 1 aromatic rings. The van der Waals surface area contributed by atoms with Crippen LogP contribution in [0.3, 0.4) is 0 Å². The van der Waals surface area contributed by atoms with E-state index in [1.54, 1.807) is 0 Å². The Balaban J connectivity index is 1.70. The molecule has 1 saturated heterocycles. The molecule has 2 aliphatic heterocycles. The first-order valence-electron chi connectivity index (χ1n) is 7.98. The third kappa shape index (κ3) is 3.11. The molecular weight excluding hydrogens is 264 g/mol. The molecule has 1 fully saturated rings. The number of benzene rings is 1. The van der Waals surface area contributed by atoms with Gasteiger partial charge in [0.05, 0.1) is 19.1 Å². The lowest BCUT2D eigenvalue weighted by atomic mass is 9.94. The number of hydrogen-bond donors (Lipinski definition) is 1. The van der Waals surface area contributed by atoms with E-state index in [1.165, 1.54) is 17.5 Å². The zero-order valence-electron chi connectivity index (χ0n) is 12.5. The molecule has 2 aliphatic rings. The number of carbonyl (C=O) groups is 1. The second-order valence-electron chi connectivity index (χ2n) is 5.98. The van der Waals surface area contributed by atoms with Crippen LogP contribution < -0.4 is 5.73 Å². The maximum absolute atomic E-state index is 12.6. The zero-order valence-corrected chi connectivity index (χ0v) is 12.5. The van der Waals surface area contributed by atoms with Crippen LogP contribution in [0.25, 0.3) is 0 Å². The lowest BCUT2D eigenvalue weighted by molar-refractivity contribution is -0.138. The maximum Gasteiger partial charge on any atom is 0.225 e. The average molecular weight is 288 g/mol. The van der Waals surface area contributed by atoms with E-state index in [9.17, 15) is 4.79 Å². The number of likely N-dealkylation sites (tertiary alicyclic amines) is 1. The lowest BCUT2D eigenvalue weighted by Gasteiger charge is -2.36. The van der Waals surface area contributed by atoms with E-state index in [2.05, 4.69) is 18.2 Å². The van der Waals surface area contributed by atoms with Crippen molar-refractivity contribution in [3.8, 4) is 0 Å². The molecule has 21 heavy (non-hydrogen) atoms. The number of carbonyl (C=O) groups excluding carboxylic acids is 1. The number of hydrogen-bond acceptors (Lipinski definition) is 3. The summed E-state index contributed by atoms with van der Waals surface area (Å²) in [5.74, 6) is 0.187. The fraction of sp³-hybridized carbons (Fsp3) is 0.588. The molecule has 4 nitrogen and oxygen atoms in total. The third-order valence-electron chi connectivity index (χ3n) is 4.67. The Kier molecular flexibility index (Phi) is 4.56. The Bertz CT molecular complexity index is 503. The highest BCUT2D eigenvalue weighted by Gasteiger charge is 2.29. The molecule has 0 spiro atoms. The predicted molar refractivity (Wildman–Crippen MR) is 81.9 cm³/mol. The minimum absolute atomic E-state index is 0.0946. The summed E-state index contributed by atoms with van der Waals surface area (Å²) in [6.45, 7) is 2.11. The van der Waals surface area contributed by atoms with Crippen LogP contribution in [-0.2, 0) is 16.0 Å². The molecular formula is C17H24N2O2. The van der Waals surface area contributed by atoms with Gasteiger partial charge in [-0.15, -0.1) is 0 Å². The second kappa shape index (κ2) is 6.58. The van der Waals surface area contributed by atoms with Crippen LogP contribution in [0, 0.1) is 0 Å². The molecule has 4 heteroatoms. The van der Waals surface area contributed by atoms with E-state index in [4.69, 9.17) is 10.5 Å². The van der Waals surface area contributed by atoms with Gasteiger partial charge < -0.3 is 15.4 Å². The van der Waals surface area contributed by atoms with E-state index in [-0.39, 0.29) is 18.1 Å². The van der Waals surface area contributed by atoms with Gasteiger partial charge in [0, 0.05) is 19.1 Å². The maximum atomic E-state index is 12.6. The molecule has 3 rings (SSSR count). The molecule has 0 aliphatic carbocycles. The van der Waals surface area contributed by atoms with Crippen molar-refractivity contribution in [2.75, 3.05) is 19.7 Å². The van der Waals surface area contributed by atoms with Crippen LogP contribution in [0.2, 0.25) is 0 Å². The quantitative estimate of drug-likeness (QED) is 0.926. The highest BCUT2D eigenvalue weighted by molar-refractivity contribution is 5.77. The molecule has 0 aromatic heterocycles. The van der Waals surface area contributed by atoms with Crippen LogP contribution in [0.15, 0.2) is 24.3 Å². The van der Waals surface area contributed by atoms with E-state index in [1.807, 2.05) is 11.0 Å². The lowest BCUT2D eigenvalue weighted by Crippen LogP contribution is -2.47. The first-order valence-corrected chi connectivity index (χ1v) is 7.98. The molecule has 0 radical (unpaired) electrons. The average Bonchev–Trinajstić information content (AvgIpc) is 2.55. The van der Waals surface area contributed by atoms with Crippen LogP contribution in [-0.4, -0.2) is 36.5 Å². The predicted octanol–water partition coefficient (Wildman–Crippen LogP) is 2.03. The van der Waals surface area contributed by atoms with Gasteiger partial charge in [0.15, 0.2) is 0 Å². The normalized spacial score (nSPS) is 25.5. The van der Waals surface area contributed by atoms with E-state index < -0.39 is 0 Å². The number of ether oxygens (including phenoxy) is 1. The topological polar surface area (TPSA) is 55.6 Å². The first-order chi connectivity index (χ1) is 10.3. The molecule has 2 N–H and O–H groups in total. The van der Waals surface area contributed by atoms with Gasteiger partial charge >= 0.3 is 0 Å². The first kappa shape index (κ1) is 14.5. The van der Waals surface area contributed by atoms with Gasteiger partial charge in [-0.3, -0.25) is 4.79 Å². The van der Waals surface area contributed by atoms with Gasteiger partial charge in [-0.1, -0.05) is 24.3 Å². The van der Waals surface area contributed by atoms with Gasteiger partial charge in [-0.05, 0) is 36.8 Å². The van der Waals surface area contributed by atoms with E-state index in [0.29, 0.717) is 19.6 Å². The second-order valence-corrected chi connectivity index (χ2v) is 5.98. The molecule has 2 heterocycles. The molecule has 0 saturated carbocycles. The number of amides is 1. The molecule has 0 unspecified atom stereocenters. The minimum Gasteiger partial charge on any atom is -0.373 e. The number of nitrogens with two attached hydrogens (primary N) is 1. The Morgan fingerprint density at radius 3 is 3.05 bits per heavy atom. The molecule has 0 bridgehead atoms. The van der Waals surface area contributed by atoms with Crippen molar-refractivity contribution >= 4 is 5.91 Å². The Morgan fingerprint density at radius 2 is 2.19 bits per heavy atom. The Hall–Kier alpha value is -1.39. The van der Waals surface area contributed by atoms with Gasteiger partial charge in [0.2, 0.25) is 5.91 Å². The summed E-state index contributed by atoms with van der Waals surface area (Å²) < 4.78 is 5.86. The number of piperidine rings is 1. The van der Waals surface area contributed by atoms with Crippen molar-refractivity contribution < 1.29 is 9.53 Å². The van der Waals surface area contributed by atoms with Crippen molar-refractivity contribution in [1.82, 2.24) is 4.90 Å². The van der Waals surface area contributed by atoms with Gasteiger partial charge in [-0.25, -0.2) is 0 Å². The fourth-order valence-electron chi connectivity index (χ4n) is 3.50. The smallest absolute Gasteiger partial charge is 0.225 e. The molecule has 1 amide bonds. The highest BCUT2D eigenvalue weighted by Crippen LogP contribution is 2.30. The number of fused-ring (bicyclic) bond motifs is 1. The highest BCUT2D eigenvalue weighted by atomic mass is 16.5. The zero-order chi connectivity index (χ0) is 14.7. The van der Waals surface area contributed by atoms with Crippen LogP contribution >= 0.6 is 0 Å². The summed E-state index contributed by atoms with van der Waals surface area (Å²) in [6.07, 6.45) is 4.58. The van der Waals surface area contributed by atoms with Crippen LogP contribution in [0.5, 0.6) is 0 Å². The summed E-state index contributed by atoms with van der Waals surface area (Å²) in [6, 6.07) is 8.51. The third-order valence-corrected chi connectivity index (χ3v) is 4.67. The van der Waals surface area contributed by atoms with E-state index >= 15 is 0 Å². The number of rotatable bonds is 3. The summed E-state index contributed by atoms with van der Waals surface area (Å²) in [7, 11) is 0. The minimum atomic E-state index is -0.0946. The summed E-state index contributed by atoms with van der Waals surface area (Å²) in [4.78, 5) is 14.6. The van der Waals surface area contributed by atoms with E-state index in [0.717, 1.165) is 25.8 Å². The molecule has 114 valence electrons. The van der Waals surface area contributed by atoms with Crippen LogP contribution in [0.4, 0.5) is 0 Å². The molecule has 2 atom stereocenters. The summed E-state index contributed by atoms with van der Waals surface area (Å²) in [5.41, 5.74) is 8.31.